The summed E-state index contributed by atoms with van der Waals surface area (Å²) in [6.45, 7) is 2.44. The van der Waals surface area contributed by atoms with Gasteiger partial charge in [0, 0.05) is 19.8 Å². The Kier molecular flexibility index (Phi) is 3.65. The minimum atomic E-state index is -3.76. The Hall–Kier alpha value is -2.16. The lowest BCUT2D eigenvalue weighted by Crippen LogP contribution is -2.18. The van der Waals surface area contributed by atoms with Crippen LogP contribution in [-0.4, -0.2) is 34.7 Å². The summed E-state index contributed by atoms with van der Waals surface area (Å²) >= 11 is 0. The first-order valence-corrected chi connectivity index (χ1v) is 7.08. The fourth-order valence-corrected chi connectivity index (χ4v) is 2.64. The van der Waals surface area contributed by atoms with Crippen molar-refractivity contribution in [1.82, 2.24) is 19.7 Å². The first-order chi connectivity index (χ1) is 9.04. The summed E-state index contributed by atoms with van der Waals surface area (Å²) < 4.78 is 28.2. The number of aromatic nitrogens is 4. The fraction of sp³-hybridized carbons (Fsp3) is 0.300. The molecule has 2 rings (SSSR count). The van der Waals surface area contributed by atoms with E-state index in [0.717, 1.165) is 0 Å². The predicted octanol–water partition coefficient (Wildman–Crippen LogP) is 0.443. The van der Waals surface area contributed by atoms with Crippen molar-refractivity contribution >= 4 is 21.8 Å². The third-order valence-electron chi connectivity index (χ3n) is 2.34. The van der Waals surface area contributed by atoms with Crippen molar-refractivity contribution in [1.29, 1.82) is 0 Å². The number of pyridine rings is 1. The van der Waals surface area contributed by atoms with Crippen LogP contribution in [0.15, 0.2) is 29.6 Å². The van der Waals surface area contributed by atoms with Gasteiger partial charge in [-0.2, -0.15) is 10.1 Å². The second kappa shape index (κ2) is 5.22. The molecule has 0 saturated heterocycles. The Morgan fingerprint density at radius 2 is 2.16 bits per heavy atom. The molecule has 0 fully saturated rings. The zero-order valence-corrected chi connectivity index (χ0v) is 11.3. The summed E-state index contributed by atoms with van der Waals surface area (Å²) in [5.74, 6) is 0.450. The fourth-order valence-electron chi connectivity index (χ4n) is 1.47. The van der Waals surface area contributed by atoms with Crippen LogP contribution in [0.2, 0.25) is 0 Å². The molecule has 8 nitrogen and oxygen atoms in total. The molecule has 0 aromatic carbocycles. The van der Waals surface area contributed by atoms with E-state index in [9.17, 15) is 8.42 Å². The second-order valence-electron chi connectivity index (χ2n) is 3.69. The molecule has 0 spiro atoms. The largest absolute Gasteiger partial charge is 0.369 e. The Balaban J connectivity index is 2.37. The molecular weight excluding hydrogens is 268 g/mol. The number of nitrogens with one attached hydrogen (secondary N) is 2. The summed E-state index contributed by atoms with van der Waals surface area (Å²) in [5.41, 5.74) is 0. The standard InChI is InChI=1S/C10H14N6O2S/c1-3-11-9-8(5-4-6-12-9)19(17,18)15-10-13-7-14-16(10)2/h4-7H,3H2,1-2H3,(H,11,12)(H,13,14,15). The number of sulfonamides is 1. The van der Waals surface area contributed by atoms with E-state index in [2.05, 4.69) is 25.1 Å². The molecule has 19 heavy (non-hydrogen) atoms. The third-order valence-corrected chi connectivity index (χ3v) is 3.70. The quantitative estimate of drug-likeness (QED) is 0.825. The van der Waals surface area contributed by atoms with Crippen molar-refractivity contribution in [3.8, 4) is 0 Å². The number of rotatable bonds is 5. The molecule has 0 aliphatic carbocycles. The Labute approximate surface area is 110 Å². The minimum absolute atomic E-state index is 0.0693. The van der Waals surface area contributed by atoms with Gasteiger partial charge in [0.15, 0.2) is 0 Å². The Morgan fingerprint density at radius 1 is 1.37 bits per heavy atom. The van der Waals surface area contributed by atoms with E-state index in [1.54, 1.807) is 13.1 Å². The van der Waals surface area contributed by atoms with Crippen LogP contribution in [0.25, 0.3) is 0 Å². The van der Waals surface area contributed by atoms with Gasteiger partial charge in [0.1, 0.15) is 17.0 Å². The average molecular weight is 282 g/mol. The molecule has 9 heteroatoms. The second-order valence-corrected chi connectivity index (χ2v) is 5.34. The third kappa shape index (κ3) is 2.81. The minimum Gasteiger partial charge on any atom is -0.369 e. The van der Waals surface area contributed by atoms with E-state index in [4.69, 9.17) is 0 Å². The summed E-state index contributed by atoms with van der Waals surface area (Å²) in [6, 6.07) is 3.04. The Morgan fingerprint density at radius 3 is 2.79 bits per heavy atom. The summed E-state index contributed by atoms with van der Waals surface area (Å²) in [6.07, 6.45) is 2.80. The van der Waals surface area contributed by atoms with Gasteiger partial charge in [-0.15, -0.1) is 0 Å². The van der Waals surface area contributed by atoms with Gasteiger partial charge in [-0.05, 0) is 19.1 Å². The van der Waals surface area contributed by atoms with Crippen molar-refractivity contribution in [2.24, 2.45) is 7.05 Å². The van der Waals surface area contributed by atoms with Gasteiger partial charge >= 0.3 is 0 Å². The monoisotopic (exact) mass is 282 g/mol. The van der Waals surface area contributed by atoms with E-state index in [1.807, 2.05) is 6.92 Å². The number of aryl methyl sites for hydroxylation is 1. The smallest absolute Gasteiger partial charge is 0.267 e. The maximum atomic E-state index is 12.3. The lowest BCUT2D eigenvalue weighted by molar-refractivity contribution is 0.600. The summed E-state index contributed by atoms with van der Waals surface area (Å²) in [7, 11) is -2.16. The summed E-state index contributed by atoms with van der Waals surface area (Å²) in [4.78, 5) is 7.91. The van der Waals surface area contributed by atoms with Crippen LogP contribution in [0, 0.1) is 0 Å². The van der Waals surface area contributed by atoms with E-state index >= 15 is 0 Å². The van der Waals surface area contributed by atoms with Crippen LogP contribution < -0.4 is 10.0 Å². The SMILES string of the molecule is CCNc1ncccc1S(=O)(=O)Nc1ncnn1C. The molecule has 2 aromatic rings. The van der Waals surface area contributed by atoms with Crippen molar-refractivity contribution < 1.29 is 8.42 Å². The number of hydrogen-bond donors (Lipinski definition) is 2. The molecule has 0 unspecified atom stereocenters. The van der Waals surface area contributed by atoms with Gasteiger partial charge in [-0.3, -0.25) is 0 Å². The highest BCUT2D eigenvalue weighted by Gasteiger charge is 2.20. The van der Waals surface area contributed by atoms with Gasteiger partial charge < -0.3 is 5.32 Å². The van der Waals surface area contributed by atoms with Crippen LogP contribution in [0.5, 0.6) is 0 Å². The molecule has 0 amide bonds. The zero-order valence-electron chi connectivity index (χ0n) is 10.5. The van der Waals surface area contributed by atoms with E-state index in [1.165, 1.54) is 23.3 Å². The van der Waals surface area contributed by atoms with Gasteiger partial charge in [0.25, 0.3) is 10.0 Å². The first-order valence-electron chi connectivity index (χ1n) is 5.60. The molecule has 2 heterocycles. The molecule has 2 N–H and O–H groups in total. The van der Waals surface area contributed by atoms with Crippen LogP contribution in [-0.2, 0) is 17.1 Å². The molecule has 0 aliphatic heterocycles. The average Bonchev–Trinajstić information content (AvgIpc) is 2.75. The molecule has 102 valence electrons. The van der Waals surface area contributed by atoms with Crippen molar-refractivity contribution in [2.75, 3.05) is 16.6 Å². The van der Waals surface area contributed by atoms with Crippen LogP contribution in [0.1, 0.15) is 6.92 Å². The summed E-state index contributed by atoms with van der Waals surface area (Å²) in [5, 5.41) is 6.70. The van der Waals surface area contributed by atoms with E-state index < -0.39 is 10.0 Å². The molecular formula is C10H14N6O2S. The highest BCUT2D eigenvalue weighted by atomic mass is 32.2. The van der Waals surface area contributed by atoms with Crippen molar-refractivity contribution in [3.05, 3.63) is 24.7 Å². The molecule has 2 aromatic heterocycles. The van der Waals surface area contributed by atoms with Crippen LogP contribution >= 0.6 is 0 Å². The van der Waals surface area contributed by atoms with E-state index in [-0.39, 0.29) is 10.8 Å². The molecule has 0 radical (unpaired) electrons. The lowest BCUT2D eigenvalue weighted by Gasteiger charge is -2.11. The number of hydrogen-bond acceptors (Lipinski definition) is 6. The van der Waals surface area contributed by atoms with E-state index in [0.29, 0.717) is 12.4 Å². The van der Waals surface area contributed by atoms with Crippen molar-refractivity contribution in [2.45, 2.75) is 11.8 Å². The predicted molar refractivity (Wildman–Crippen MR) is 70.2 cm³/mol. The molecule has 0 aliphatic rings. The van der Waals surface area contributed by atoms with Gasteiger partial charge in [-0.25, -0.2) is 22.8 Å². The van der Waals surface area contributed by atoms with Crippen LogP contribution in [0.3, 0.4) is 0 Å². The highest BCUT2D eigenvalue weighted by Crippen LogP contribution is 2.20. The maximum absolute atomic E-state index is 12.3. The van der Waals surface area contributed by atoms with Crippen LogP contribution in [0.4, 0.5) is 11.8 Å². The van der Waals surface area contributed by atoms with Gasteiger partial charge in [0.05, 0.1) is 0 Å². The van der Waals surface area contributed by atoms with Gasteiger partial charge in [0.2, 0.25) is 5.95 Å². The molecule has 0 atom stereocenters. The molecule has 0 bridgehead atoms. The molecule has 0 saturated carbocycles. The highest BCUT2D eigenvalue weighted by molar-refractivity contribution is 7.92. The lowest BCUT2D eigenvalue weighted by atomic mass is 10.4. The number of nitrogens with zero attached hydrogens (tertiary/aromatic N) is 4. The first kappa shape index (κ1) is 13.3. The number of anilines is 2. The maximum Gasteiger partial charge on any atom is 0.267 e. The van der Waals surface area contributed by atoms with Crippen molar-refractivity contribution in [3.63, 3.8) is 0 Å². The van der Waals surface area contributed by atoms with Gasteiger partial charge in [-0.1, -0.05) is 0 Å². The topological polar surface area (TPSA) is 102 Å². The normalized spacial score (nSPS) is 11.3. The Bertz CT molecular complexity index is 666. The zero-order chi connectivity index (χ0) is 13.9.